The van der Waals surface area contributed by atoms with Gasteiger partial charge in [-0.05, 0) is 76.2 Å². The van der Waals surface area contributed by atoms with Crippen molar-refractivity contribution in [2.24, 2.45) is 9.98 Å². The average molecular weight is 896 g/mol. The maximum Gasteiger partial charge on any atom is 0.322 e. The van der Waals surface area contributed by atoms with Crippen molar-refractivity contribution in [1.82, 2.24) is 15.1 Å². The van der Waals surface area contributed by atoms with Crippen LogP contribution in [0.4, 0.5) is 32.3 Å². The van der Waals surface area contributed by atoms with E-state index in [1.54, 1.807) is 24.3 Å². The van der Waals surface area contributed by atoms with Crippen molar-refractivity contribution in [3.8, 4) is 0 Å². The summed E-state index contributed by atoms with van der Waals surface area (Å²) in [5.41, 5.74) is 1.47. The molecule has 2 aromatic carbocycles. The molecule has 2 saturated heterocycles. The first-order valence-corrected chi connectivity index (χ1v) is 19.8. The lowest BCUT2D eigenvalue weighted by atomic mass is 10.2. The Morgan fingerprint density at radius 2 is 0.810 bits per heavy atom. The Morgan fingerprint density at radius 1 is 0.556 bits per heavy atom. The minimum Gasteiger partial charge on any atom is -0.394 e. The van der Waals surface area contributed by atoms with Gasteiger partial charge in [0.05, 0.1) is 127 Å². The number of aliphatic hydroxyl groups is 8. The van der Waals surface area contributed by atoms with Gasteiger partial charge in [0, 0.05) is 11.4 Å². The molecule has 352 valence electrons. The van der Waals surface area contributed by atoms with Gasteiger partial charge in [-0.2, -0.15) is 9.98 Å². The van der Waals surface area contributed by atoms with Gasteiger partial charge in [-0.1, -0.05) is 0 Å². The summed E-state index contributed by atoms with van der Waals surface area (Å²) in [6.45, 7) is 5.52. The lowest BCUT2D eigenvalue weighted by molar-refractivity contribution is -0.267. The largest absolute Gasteiger partial charge is 0.394 e. The van der Waals surface area contributed by atoms with E-state index in [0.717, 1.165) is 9.80 Å². The van der Waals surface area contributed by atoms with Gasteiger partial charge in [0.25, 0.3) is 0 Å². The van der Waals surface area contributed by atoms with Crippen molar-refractivity contribution in [3.05, 3.63) is 48.5 Å². The number of hydrogen-bond donors (Lipinski definition) is 11. The summed E-state index contributed by atoms with van der Waals surface area (Å²) in [6.07, 6.45) is 2.80. The Kier molecular flexibility index (Phi) is 24.2. The van der Waals surface area contributed by atoms with E-state index in [0.29, 0.717) is 37.8 Å². The van der Waals surface area contributed by atoms with Crippen LogP contribution in [0.25, 0.3) is 0 Å². The lowest BCUT2D eigenvalue weighted by Gasteiger charge is -2.40. The molecule has 0 aromatic heterocycles. The molecule has 2 aromatic rings. The third-order valence-electron chi connectivity index (χ3n) is 9.32. The van der Waals surface area contributed by atoms with E-state index in [2.05, 4.69) is 25.9 Å². The van der Waals surface area contributed by atoms with Crippen LogP contribution in [0, 0.1) is 0 Å². The number of carbonyl (C=O) groups is 2. The van der Waals surface area contributed by atoms with Crippen LogP contribution in [0.2, 0.25) is 0 Å². The van der Waals surface area contributed by atoms with E-state index in [1.165, 1.54) is 36.4 Å². The van der Waals surface area contributed by atoms with Crippen LogP contribution in [0.5, 0.6) is 0 Å². The van der Waals surface area contributed by atoms with E-state index >= 15 is 0 Å². The first kappa shape index (κ1) is 54.4. The number of rotatable bonds is 18. The molecule has 4 amide bonds. The normalized spacial score (nSPS) is 15.9. The van der Waals surface area contributed by atoms with Gasteiger partial charge in [-0.15, -0.1) is 0 Å². The van der Waals surface area contributed by atoms with Gasteiger partial charge in [0.2, 0.25) is 12.2 Å². The molecule has 0 unspecified atom stereocenters. The molecular formula is C40H61N7O16. The van der Waals surface area contributed by atoms with Crippen LogP contribution < -0.4 is 16.0 Å². The Bertz CT molecular complexity index is 1560. The third kappa shape index (κ3) is 18.5. The fourth-order valence-corrected chi connectivity index (χ4v) is 5.82. The van der Waals surface area contributed by atoms with Crippen molar-refractivity contribution >= 4 is 47.0 Å². The van der Waals surface area contributed by atoms with Crippen molar-refractivity contribution < 1.29 is 79.0 Å². The maximum absolute atomic E-state index is 12.7. The molecular weight excluding hydrogens is 834 g/mol. The smallest absolute Gasteiger partial charge is 0.322 e. The van der Waals surface area contributed by atoms with E-state index in [1.807, 2.05) is 27.7 Å². The molecule has 0 bridgehead atoms. The molecule has 0 saturated carbocycles. The highest BCUT2D eigenvalue weighted by Gasteiger charge is 2.34. The van der Waals surface area contributed by atoms with Crippen LogP contribution >= 0.6 is 0 Å². The molecule has 23 nitrogen and oxygen atoms in total. The van der Waals surface area contributed by atoms with Crippen LogP contribution in [-0.2, 0) is 28.5 Å². The van der Waals surface area contributed by atoms with Gasteiger partial charge >= 0.3 is 12.1 Å². The number of nitrogens with zero attached hydrogens (tertiary/aromatic N) is 4. The topological polar surface area (TPSA) is 334 Å². The quantitative estimate of drug-likeness (QED) is 0.0649. The minimum absolute atomic E-state index is 0.210. The summed E-state index contributed by atoms with van der Waals surface area (Å²) >= 11 is 0. The molecule has 63 heavy (non-hydrogen) atoms. The summed E-state index contributed by atoms with van der Waals surface area (Å²) in [6, 6.07) is 6.46. The molecule has 2 aliphatic heterocycles. The number of ether oxygens (including phenoxy) is 4. The fourth-order valence-electron chi connectivity index (χ4n) is 5.82. The van der Waals surface area contributed by atoms with Crippen LogP contribution in [0.3, 0.4) is 0 Å². The van der Waals surface area contributed by atoms with Crippen molar-refractivity contribution in [2.45, 2.75) is 75.5 Å². The van der Waals surface area contributed by atoms with Crippen LogP contribution in [0.15, 0.2) is 58.5 Å². The zero-order chi connectivity index (χ0) is 47.0. The van der Waals surface area contributed by atoms with E-state index in [4.69, 9.17) is 18.9 Å². The van der Waals surface area contributed by atoms with Crippen LogP contribution in [-0.4, -0.2) is 202 Å². The number of nitrogens with one attached hydrogen (secondary N) is 3. The number of isocyanates is 2. The number of aliphatic imine (C=N–C) groups is 2. The Morgan fingerprint density at radius 3 is 1.03 bits per heavy atom. The minimum atomic E-state index is -1.06. The van der Waals surface area contributed by atoms with Gasteiger partial charge in [0.1, 0.15) is 0 Å². The SMILES string of the molecule is CC1(C)OCC(NC2COC(C)(C)OC2)CO1.O=C(Nc1ccc(NC(=O)N(C(CO)CO)C(CO)CO)cc1)N(C(CO)CO)C(CO)CO.O=C=Nc1ccc(N=C=O)cc1. The molecule has 0 radical (unpaired) electrons. The number of urea groups is 2. The summed E-state index contributed by atoms with van der Waals surface area (Å²) < 4.78 is 22.4. The Balaban J connectivity index is 0.000000384. The van der Waals surface area contributed by atoms with Gasteiger partial charge in [-0.25, -0.2) is 19.2 Å². The van der Waals surface area contributed by atoms with Gasteiger partial charge in [-0.3, -0.25) is 0 Å². The molecule has 23 heteroatoms. The zero-order valence-corrected chi connectivity index (χ0v) is 35.7. The van der Waals surface area contributed by atoms with E-state index in [-0.39, 0.29) is 23.5 Å². The second-order valence-electron chi connectivity index (χ2n) is 14.9. The molecule has 11 N–H and O–H groups in total. The molecule has 2 fully saturated rings. The highest BCUT2D eigenvalue weighted by molar-refractivity contribution is 5.92. The lowest BCUT2D eigenvalue weighted by Crippen LogP contribution is -2.56. The third-order valence-corrected chi connectivity index (χ3v) is 9.32. The zero-order valence-electron chi connectivity index (χ0n) is 35.7. The summed E-state index contributed by atoms with van der Waals surface area (Å²) in [5.74, 6) is -0.917. The molecule has 0 atom stereocenters. The average Bonchev–Trinajstić information content (AvgIpc) is 3.27. The number of aliphatic hydroxyl groups excluding tert-OH is 8. The number of carbonyl (C=O) groups excluding carboxylic acids is 4. The second kappa shape index (κ2) is 28.1. The molecule has 2 aliphatic rings. The highest BCUT2D eigenvalue weighted by atomic mass is 16.7. The highest BCUT2D eigenvalue weighted by Crippen LogP contribution is 2.21. The number of amides is 4. The standard InChI is InChI=1S/C20H34N4O10.C12H23NO4.C8H4N2O2/c25-5-15(6-26)23(16(7-27)8-28)19(33)21-13-1-2-14(4-3-13)22-20(34)24(17(9-29)10-30)18(11-31)12-32;1-11(2)14-5-9(6-15-11)13-10-7-16-12(3,4)17-8-10;11-5-9-7-1-2-8(4-3-7)10-6-12/h1-4,15-18,25-32H,5-12H2,(H,21,33)(H,22,34);9-10,13H,5-8H2,1-4H3;1-4H. The molecule has 0 aliphatic carbocycles. The van der Waals surface area contributed by atoms with Crippen molar-refractivity contribution in [1.29, 1.82) is 0 Å². The number of hydrogen-bond acceptors (Lipinski definition) is 19. The maximum atomic E-state index is 12.7. The Hall–Kier alpha value is -4.78. The summed E-state index contributed by atoms with van der Waals surface area (Å²) in [5, 5.41) is 83.8. The predicted molar refractivity (Wildman–Crippen MR) is 225 cm³/mol. The van der Waals surface area contributed by atoms with E-state index in [9.17, 15) is 60.0 Å². The Labute approximate surface area is 364 Å². The summed E-state index contributed by atoms with van der Waals surface area (Å²) in [4.78, 5) is 53.5. The van der Waals surface area contributed by atoms with E-state index < -0.39 is 101 Å². The predicted octanol–water partition coefficient (Wildman–Crippen LogP) is -0.733. The number of anilines is 2. The summed E-state index contributed by atoms with van der Waals surface area (Å²) in [7, 11) is 0. The van der Waals surface area contributed by atoms with Crippen molar-refractivity contribution in [3.63, 3.8) is 0 Å². The van der Waals surface area contributed by atoms with Gasteiger partial charge in [0.15, 0.2) is 11.6 Å². The monoisotopic (exact) mass is 895 g/mol. The molecule has 2 heterocycles. The fraction of sp³-hybridized carbons (Fsp3) is 0.600. The van der Waals surface area contributed by atoms with Gasteiger partial charge < -0.3 is 85.5 Å². The first-order chi connectivity index (χ1) is 30.1. The van der Waals surface area contributed by atoms with Crippen LogP contribution in [0.1, 0.15) is 27.7 Å². The van der Waals surface area contributed by atoms with Crippen molar-refractivity contribution in [2.75, 3.05) is 89.9 Å². The molecule has 4 rings (SSSR count). The first-order valence-electron chi connectivity index (χ1n) is 19.8. The molecule has 0 spiro atoms. The number of benzene rings is 2. The second-order valence-corrected chi connectivity index (χ2v) is 14.9.